The Labute approximate surface area is 170 Å². The van der Waals surface area contributed by atoms with Crippen LogP contribution < -0.4 is 14.8 Å². The number of rotatable bonds is 9. The maximum Gasteiger partial charge on any atom is 0.306 e. The molecule has 0 saturated heterocycles. The van der Waals surface area contributed by atoms with Gasteiger partial charge >= 0.3 is 5.97 Å². The Balaban J connectivity index is 1.67. The highest BCUT2D eigenvalue weighted by Crippen LogP contribution is 2.27. The average molecular weight is 457 g/mol. The Hall–Kier alpha value is -2.25. The van der Waals surface area contributed by atoms with Crippen LogP contribution in [0.4, 0.5) is 5.69 Å². The molecule has 0 radical (unpaired) electrons. The predicted molar refractivity (Wildman–Crippen MR) is 106 cm³/mol. The molecule has 2 aromatic rings. The maximum atomic E-state index is 11.9. The molecule has 0 aliphatic carbocycles. The molecule has 0 atom stereocenters. The van der Waals surface area contributed by atoms with Gasteiger partial charge in [0.1, 0.15) is 11.5 Å². The fraction of sp³-hybridized carbons (Fsp3) is 0.263. The fourth-order valence-corrected chi connectivity index (χ4v) is 2.70. The Bertz CT molecular complexity index is 799. The summed E-state index contributed by atoms with van der Waals surface area (Å²) in [6, 6.07) is 12.3. The summed E-state index contributed by atoms with van der Waals surface area (Å²) in [7, 11) is 1.48. The van der Waals surface area contributed by atoms with Crippen molar-refractivity contribution in [2.45, 2.75) is 12.8 Å². The molecule has 0 unspecified atom stereocenters. The van der Waals surface area contributed by atoms with E-state index in [1.54, 1.807) is 18.2 Å². The number of hydrogen-bond donors (Lipinski definition) is 1. The second kappa shape index (κ2) is 10.8. The van der Waals surface area contributed by atoms with Gasteiger partial charge in [0.2, 0.25) is 0 Å². The third-order valence-electron chi connectivity index (χ3n) is 3.39. The largest absolute Gasteiger partial charge is 0.495 e. The molecule has 1 N–H and O–H groups in total. The molecule has 144 valence electrons. The van der Waals surface area contributed by atoms with Crippen molar-refractivity contribution in [3.8, 4) is 11.5 Å². The van der Waals surface area contributed by atoms with Crippen molar-refractivity contribution in [3.63, 3.8) is 0 Å². The number of halogens is 2. The molecule has 2 rings (SSSR count). The topological polar surface area (TPSA) is 73.9 Å². The molecular weight excluding hydrogens is 438 g/mol. The van der Waals surface area contributed by atoms with Crippen molar-refractivity contribution in [3.05, 3.63) is 52.0 Å². The van der Waals surface area contributed by atoms with Crippen LogP contribution in [0, 0.1) is 0 Å². The third kappa shape index (κ3) is 7.48. The summed E-state index contributed by atoms with van der Waals surface area (Å²) in [5, 5.41) is 3.05. The first-order valence-electron chi connectivity index (χ1n) is 8.15. The van der Waals surface area contributed by atoms with E-state index in [0.29, 0.717) is 35.2 Å². The van der Waals surface area contributed by atoms with Crippen molar-refractivity contribution in [2.24, 2.45) is 0 Å². The number of anilines is 1. The summed E-state index contributed by atoms with van der Waals surface area (Å²) in [4.78, 5) is 23.7. The van der Waals surface area contributed by atoms with E-state index in [1.807, 2.05) is 24.3 Å². The molecule has 0 saturated carbocycles. The van der Waals surface area contributed by atoms with Gasteiger partial charge in [0.25, 0.3) is 5.91 Å². The van der Waals surface area contributed by atoms with Crippen LogP contribution in [0.25, 0.3) is 0 Å². The number of amides is 1. The number of carbonyl (C=O) groups excluding carboxylic acids is 2. The smallest absolute Gasteiger partial charge is 0.306 e. The van der Waals surface area contributed by atoms with E-state index < -0.39 is 11.9 Å². The van der Waals surface area contributed by atoms with E-state index in [0.717, 1.165) is 4.47 Å². The minimum absolute atomic E-state index is 0.155. The highest BCUT2D eigenvalue weighted by atomic mass is 79.9. The van der Waals surface area contributed by atoms with Crippen molar-refractivity contribution in [2.75, 3.05) is 25.6 Å². The molecule has 0 fully saturated rings. The average Bonchev–Trinajstić information content (AvgIpc) is 2.64. The lowest BCUT2D eigenvalue weighted by molar-refractivity contribution is -0.147. The van der Waals surface area contributed by atoms with Gasteiger partial charge in [0, 0.05) is 15.9 Å². The van der Waals surface area contributed by atoms with Crippen molar-refractivity contribution in [1.82, 2.24) is 0 Å². The van der Waals surface area contributed by atoms with Crippen molar-refractivity contribution < 1.29 is 23.8 Å². The zero-order valence-electron chi connectivity index (χ0n) is 14.7. The Morgan fingerprint density at radius 1 is 1.19 bits per heavy atom. The van der Waals surface area contributed by atoms with E-state index >= 15 is 0 Å². The molecular formula is C19H19BrClNO5. The van der Waals surface area contributed by atoms with Gasteiger partial charge in [-0.15, -0.1) is 0 Å². The van der Waals surface area contributed by atoms with Gasteiger partial charge in [-0.3, -0.25) is 9.59 Å². The van der Waals surface area contributed by atoms with Gasteiger partial charge < -0.3 is 19.5 Å². The third-order valence-corrected chi connectivity index (χ3v) is 4.12. The number of methoxy groups -OCH3 is 1. The molecule has 0 heterocycles. The fourth-order valence-electron chi connectivity index (χ4n) is 2.15. The van der Waals surface area contributed by atoms with Crippen molar-refractivity contribution >= 4 is 45.1 Å². The Morgan fingerprint density at radius 2 is 2.00 bits per heavy atom. The van der Waals surface area contributed by atoms with Crippen LogP contribution in [0.1, 0.15) is 12.8 Å². The molecule has 0 aromatic heterocycles. The molecule has 2 aromatic carbocycles. The lowest BCUT2D eigenvalue weighted by Crippen LogP contribution is -2.21. The minimum atomic E-state index is -0.477. The maximum absolute atomic E-state index is 11.9. The van der Waals surface area contributed by atoms with Gasteiger partial charge in [0.05, 0.1) is 19.4 Å². The van der Waals surface area contributed by atoms with Crippen LogP contribution in [-0.2, 0) is 14.3 Å². The highest BCUT2D eigenvalue weighted by Gasteiger charge is 2.11. The standard InChI is InChI=1S/C19H19BrClNO5/c1-25-17-8-7-14(21)11-16(17)22-18(23)12-27-19(24)6-3-9-26-15-5-2-4-13(20)10-15/h2,4-5,7-8,10-11H,3,6,9,12H2,1H3,(H,22,23). The van der Waals surface area contributed by atoms with Gasteiger partial charge in [-0.1, -0.05) is 33.6 Å². The summed E-state index contributed by atoms with van der Waals surface area (Å²) < 4.78 is 16.6. The number of nitrogens with one attached hydrogen (secondary N) is 1. The summed E-state index contributed by atoms with van der Waals surface area (Å²) >= 11 is 9.26. The summed E-state index contributed by atoms with van der Waals surface area (Å²) in [6.07, 6.45) is 0.636. The Kier molecular flexibility index (Phi) is 8.42. The quantitative estimate of drug-likeness (QED) is 0.446. The minimum Gasteiger partial charge on any atom is -0.495 e. The normalized spacial score (nSPS) is 10.2. The summed E-state index contributed by atoms with van der Waals surface area (Å²) in [5.74, 6) is 0.228. The van der Waals surface area contributed by atoms with E-state index in [2.05, 4.69) is 21.2 Å². The molecule has 27 heavy (non-hydrogen) atoms. The lowest BCUT2D eigenvalue weighted by Gasteiger charge is -2.11. The highest BCUT2D eigenvalue weighted by molar-refractivity contribution is 9.10. The molecule has 8 heteroatoms. The summed E-state index contributed by atoms with van der Waals surface area (Å²) in [5.41, 5.74) is 0.411. The van der Waals surface area contributed by atoms with Crippen LogP contribution in [0.3, 0.4) is 0 Å². The molecule has 0 aliphatic heterocycles. The first-order chi connectivity index (χ1) is 13.0. The van der Waals surface area contributed by atoms with E-state index in [-0.39, 0.29) is 13.0 Å². The number of esters is 1. The van der Waals surface area contributed by atoms with Crippen LogP contribution in [0.5, 0.6) is 11.5 Å². The van der Waals surface area contributed by atoms with Crippen molar-refractivity contribution in [1.29, 1.82) is 0 Å². The molecule has 0 spiro atoms. The second-order valence-electron chi connectivity index (χ2n) is 5.46. The van der Waals surface area contributed by atoms with Crippen LogP contribution in [0.15, 0.2) is 46.9 Å². The number of hydrogen-bond acceptors (Lipinski definition) is 5. The zero-order valence-corrected chi connectivity index (χ0v) is 17.0. The molecule has 6 nitrogen and oxygen atoms in total. The number of ether oxygens (including phenoxy) is 3. The van der Waals surface area contributed by atoms with Crippen LogP contribution >= 0.6 is 27.5 Å². The van der Waals surface area contributed by atoms with Gasteiger partial charge in [-0.25, -0.2) is 0 Å². The predicted octanol–water partition coefficient (Wildman–Crippen LogP) is 4.45. The monoisotopic (exact) mass is 455 g/mol. The zero-order chi connectivity index (χ0) is 19.6. The molecule has 0 bridgehead atoms. The number of carbonyl (C=O) groups is 2. The first-order valence-corrected chi connectivity index (χ1v) is 9.32. The van der Waals surface area contributed by atoms with E-state index in [1.165, 1.54) is 7.11 Å². The summed E-state index contributed by atoms with van der Waals surface area (Å²) in [6.45, 7) is -0.0154. The number of benzene rings is 2. The molecule has 1 amide bonds. The SMILES string of the molecule is COc1ccc(Cl)cc1NC(=O)COC(=O)CCCOc1cccc(Br)c1. The second-order valence-corrected chi connectivity index (χ2v) is 6.81. The lowest BCUT2D eigenvalue weighted by atomic mass is 10.3. The van der Waals surface area contributed by atoms with Gasteiger partial charge in [-0.2, -0.15) is 0 Å². The van der Waals surface area contributed by atoms with Gasteiger partial charge in [-0.05, 0) is 42.8 Å². The Morgan fingerprint density at radius 3 is 2.74 bits per heavy atom. The first kappa shape index (κ1) is 21.1. The van der Waals surface area contributed by atoms with Crippen LogP contribution in [0.2, 0.25) is 5.02 Å². The molecule has 0 aliphatic rings. The van der Waals surface area contributed by atoms with Crippen LogP contribution in [-0.4, -0.2) is 32.2 Å². The van der Waals surface area contributed by atoms with E-state index in [4.69, 9.17) is 25.8 Å². The van der Waals surface area contributed by atoms with Gasteiger partial charge in [0.15, 0.2) is 6.61 Å². The van der Waals surface area contributed by atoms with E-state index in [9.17, 15) is 9.59 Å².